The molecule has 1 N–H and O–H groups in total. The summed E-state index contributed by atoms with van der Waals surface area (Å²) in [4.78, 5) is 21.4. The molecule has 1 aromatic carbocycles. The Hall–Kier alpha value is -2.53. The van der Waals surface area contributed by atoms with Crippen LogP contribution in [0.15, 0.2) is 54.2 Å². The highest BCUT2D eigenvalue weighted by molar-refractivity contribution is 7.09. The SMILES string of the molecule is Cc1ccccc1C(C)(C)C(=O)NCCCc1nc(-c2ccncc2)cs1. The normalized spacial score (nSPS) is 11.4. The molecule has 3 rings (SSSR count). The molecule has 3 aromatic rings. The van der Waals surface area contributed by atoms with Crippen molar-refractivity contribution >= 4 is 17.2 Å². The first-order valence-electron chi connectivity index (χ1n) is 9.17. The quantitative estimate of drug-likeness (QED) is 0.613. The van der Waals surface area contributed by atoms with Crippen LogP contribution in [0.3, 0.4) is 0 Å². The zero-order chi connectivity index (χ0) is 19.3. The number of aryl methyl sites for hydroxylation is 2. The summed E-state index contributed by atoms with van der Waals surface area (Å²) in [6, 6.07) is 12.0. The fourth-order valence-corrected chi connectivity index (χ4v) is 3.99. The molecule has 140 valence electrons. The van der Waals surface area contributed by atoms with Crippen LogP contribution in [0.4, 0.5) is 0 Å². The Kier molecular flexibility index (Phi) is 6.01. The molecule has 2 aromatic heterocycles. The van der Waals surface area contributed by atoms with Crippen LogP contribution in [0.2, 0.25) is 0 Å². The van der Waals surface area contributed by atoms with Gasteiger partial charge in [-0.05, 0) is 50.5 Å². The first kappa shape index (κ1) is 19.2. The summed E-state index contributed by atoms with van der Waals surface area (Å²) >= 11 is 1.66. The second kappa shape index (κ2) is 8.44. The first-order valence-corrected chi connectivity index (χ1v) is 10.1. The van der Waals surface area contributed by atoms with E-state index in [1.165, 1.54) is 0 Å². The van der Waals surface area contributed by atoms with Gasteiger partial charge in [0, 0.05) is 36.3 Å². The number of nitrogens with zero attached hydrogens (tertiary/aromatic N) is 2. The van der Waals surface area contributed by atoms with E-state index < -0.39 is 5.41 Å². The Labute approximate surface area is 164 Å². The number of rotatable bonds is 7. The van der Waals surface area contributed by atoms with Crippen LogP contribution in [0.5, 0.6) is 0 Å². The Morgan fingerprint density at radius 1 is 1.15 bits per heavy atom. The minimum absolute atomic E-state index is 0.0633. The Bertz CT molecular complexity index is 903. The van der Waals surface area contributed by atoms with Gasteiger partial charge >= 0.3 is 0 Å². The van der Waals surface area contributed by atoms with Crippen LogP contribution in [0.25, 0.3) is 11.3 Å². The standard InChI is InChI=1S/C22H25N3OS/c1-16-7-4-5-8-18(16)22(2,3)21(26)24-12-6-9-20-25-19(15-27-20)17-10-13-23-14-11-17/h4-5,7-8,10-11,13-15H,6,9,12H2,1-3H3,(H,24,26). The van der Waals surface area contributed by atoms with Crippen LogP contribution >= 0.6 is 11.3 Å². The van der Waals surface area contributed by atoms with Gasteiger partial charge in [-0.15, -0.1) is 11.3 Å². The summed E-state index contributed by atoms with van der Waals surface area (Å²) < 4.78 is 0. The number of nitrogens with one attached hydrogen (secondary N) is 1. The van der Waals surface area contributed by atoms with Gasteiger partial charge in [-0.2, -0.15) is 0 Å². The second-order valence-electron chi connectivity index (χ2n) is 7.16. The number of pyridine rings is 1. The van der Waals surface area contributed by atoms with Gasteiger partial charge in [0.2, 0.25) is 5.91 Å². The van der Waals surface area contributed by atoms with E-state index in [1.54, 1.807) is 23.7 Å². The van der Waals surface area contributed by atoms with Crippen LogP contribution < -0.4 is 5.32 Å². The molecule has 0 saturated carbocycles. The van der Waals surface area contributed by atoms with E-state index in [0.29, 0.717) is 6.54 Å². The number of carbonyl (C=O) groups is 1. The van der Waals surface area contributed by atoms with E-state index in [4.69, 9.17) is 0 Å². The third-order valence-electron chi connectivity index (χ3n) is 4.77. The van der Waals surface area contributed by atoms with Gasteiger partial charge in [0.25, 0.3) is 0 Å². The van der Waals surface area contributed by atoms with Gasteiger partial charge < -0.3 is 5.32 Å². The van der Waals surface area contributed by atoms with Crippen LogP contribution in [0, 0.1) is 6.92 Å². The number of thiazole rings is 1. The van der Waals surface area contributed by atoms with Crippen molar-refractivity contribution in [2.75, 3.05) is 6.54 Å². The summed E-state index contributed by atoms with van der Waals surface area (Å²) in [5.74, 6) is 0.0633. The van der Waals surface area contributed by atoms with E-state index in [1.807, 2.05) is 57.2 Å². The minimum Gasteiger partial charge on any atom is -0.355 e. The fraction of sp³-hybridized carbons (Fsp3) is 0.318. The number of hydrogen-bond acceptors (Lipinski definition) is 4. The van der Waals surface area contributed by atoms with Crippen molar-refractivity contribution < 1.29 is 4.79 Å². The topological polar surface area (TPSA) is 54.9 Å². The molecule has 1 amide bonds. The zero-order valence-electron chi connectivity index (χ0n) is 16.0. The molecule has 0 atom stereocenters. The third kappa shape index (κ3) is 4.61. The summed E-state index contributed by atoms with van der Waals surface area (Å²) in [5.41, 5.74) is 3.75. The summed E-state index contributed by atoms with van der Waals surface area (Å²) in [5, 5.41) is 6.25. The fourth-order valence-electron chi connectivity index (χ4n) is 3.14. The molecule has 0 aliphatic heterocycles. The van der Waals surface area contributed by atoms with Gasteiger partial charge in [0.05, 0.1) is 16.1 Å². The van der Waals surface area contributed by atoms with Gasteiger partial charge in [0.15, 0.2) is 0 Å². The molecular formula is C22H25N3OS. The van der Waals surface area contributed by atoms with Gasteiger partial charge in [-0.3, -0.25) is 9.78 Å². The predicted molar refractivity (Wildman–Crippen MR) is 111 cm³/mol. The van der Waals surface area contributed by atoms with Crippen molar-refractivity contribution in [3.8, 4) is 11.3 Å². The van der Waals surface area contributed by atoms with Gasteiger partial charge in [-0.1, -0.05) is 24.3 Å². The number of carbonyl (C=O) groups excluding carboxylic acids is 1. The van der Waals surface area contributed by atoms with Crippen LogP contribution in [0.1, 0.15) is 36.4 Å². The second-order valence-corrected chi connectivity index (χ2v) is 8.10. The highest BCUT2D eigenvalue weighted by Gasteiger charge is 2.30. The van der Waals surface area contributed by atoms with Gasteiger partial charge in [-0.25, -0.2) is 4.98 Å². The van der Waals surface area contributed by atoms with E-state index in [0.717, 1.165) is 40.2 Å². The molecule has 0 fully saturated rings. The van der Waals surface area contributed by atoms with Crippen molar-refractivity contribution in [1.29, 1.82) is 0 Å². The zero-order valence-corrected chi connectivity index (χ0v) is 16.8. The number of benzene rings is 1. The monoisotopic (exact) mass is 379 g/mol. The van der Waals surface area contributed by atoms with E-state index in [2.05, 4.69) is 20.7 Å². The van der Waals surface area contributed by atoms with Crippen LogP contribution in [-0.2, 0) is 16.6 Å². The molecule has 2 heterocycles. The van der Waals surface area contributed by atoms with Crippen molar-refractivity contribution in [1.82, 2.24) is 15.3 Å². The minimum atomic E-state index is -0.541. The smallest absolute Gasteiger partial charge is 0.230 e. The average molecular weight is 380 g/mol. The highest BCUT2D eigenvalue weighted by Crippen LogP contribution is 2.26. The molecule has 0 radical (unpaired) electrons. The molecular weight excluding hydrogens is 354 g/mol. The maximum absolute atomic E-state index is 12.7. The lowest BCUT2D eigenvalue weighted by molar-refractivity contribution is -0.125. The number of aromatic nitrogens is 2. The van der Waals surface area contributed by atoms with Crippen molar-refractivity contribution in [3.63, 3.8) is 0 Å². The molecule has 0 bridgehead atoms. The highest BCUT2D eigenvalue weighted by atomic mass is 32.1. The molecule has 0 unspecified atom stereocenters. The van der Waals surface area contributed by atoms with Crippen LogP contribution in [-0.4, -0.2) is 22.4 Å². The average Bonchev–Trinajstić information content (AvgIpc) is 3.15. The summed E-state index contributed by atoms with van der Waals surface area (Å²) in [6.07, 6.45) is 5.29. The van der Waals surface area contributed by atoms with E-state index in [-0.39, 0.29) is 5.91 Å². The largest absolute Gasteiger partial charge is 0.355 e. The van der Waals surface area contributed by atoms with E-state index >= 15 is 0 Å². The molecule has 0 aliphatic carbocycles. The van der Waals surface area contributed by atoms with Crippen molar-refractivity contribution in [3.05, 3.63) is 70.3 Å². The van der Waals surface area contributed by atoms with E-state index in [9.17, 15) is 4.79 Å². The number of amides is 1. The molecule has 0 saturated heterocycles. The van der Waals surface area contributed by atoms with Crippen molar-refractivity contribution in [2.45, 2.75) is 39.0 Å². The molecule has 4 nitrogen and oxygen atoms in total. The van der Waals surface area contributed by atoms with Gasteiger partial charge in [0.1, 0.15) is 0 Å². The maximum atomic E-state index is 12.7. The third-order valence-corrected chi connectivity index (χ3v) is 5.68. The molecule has 5 heteroatoms. The maximum Gasteiger partial charge on any atom is 0.230 e. The predicted octanol–water partition coefficient (Wildman–Crippen LogP) is 4.54. The summed E-state index contributed by atoms with van der Waals surface area (Å²) in [7, 11) is 0. The Balaban J connectivity index is 1.51. The number of hydrogen-bond donors (Lipinski definition) is 1. The summed E-state index contributed by atoms with van der Waals surface area (Å²) in [6.45, 7) is 6.66. The molecule has 27 heavy (non-hydrogen) atoms. The molecule has 0 spiro atoms. The lowest BCUT2D eigenvalue weighted by Gasteiger charge is -2.26. The lowest BCUT2D eigenvalue weighted by Crippen LogP contribution is -2.41. The Morgan fingerprint density at radius 2 is 1.89 bits per heavy atom. The van der Waals surface area contributed by atoms with Crippen molar-refractivity contribution in [2.24, 2.45) is 0 Å². The first-order chi connectivity index (χ1) is 13.0. The lowest BCUT2D eigenvalue weighted by atomic mass is 9.81. The Morgan fingerprint density at radius 3 is 2.63 bits per heavy atom. The molecule has 0 aliphatic rings.